The summed E-state index contributed by atoms with van der Waals surface area (Å²) in [7, 11) is 0. The number of halogens is 1. The molecule has 7 rings (SSSR count). The van der Waals surface area contributed by atoms with E-state index in [2.05, 4.69) is 20.1 Å². The molecule has 2 heterocycles. The summed E-state index contributed by atoms with van der Waals surface area (Å²) < 4.78 is 14.2. The van der Waals surface area contributed by atoms with Gasteiger partial charge in [-0.3, -0.25) is 9.59 Å². The standard InChI is InChI=1S/C27H32FN5O3/c28-21-12-19(4-5-20(21)25(29)34)32-6-8-33(9-7-32)23-3-1-2-22(30-23)26(35)31-24-17-10-16-11-18(24)15-27(36,13-16)14-17/h1-5,12,16-18,24,36H,6-11,13-15H2,(H2,29,34)(H,31,35)/t16?,17?,18?,24-,27-. The fourth-order valence-corrected chi connectivity index (χ4v) is 7.26. The van der Waals surface area contributed by atoms with E-state index in [4.69, 9.17) is 5.73 Å². The number of nitrogens with two attached hydrogens (primary N) is 1. The number of anilines is 2. The van der Waals surface area contributed by atoms with Crippen LogP contribution < -0.4 is 20.9 Å². The molecule has 4 aliphatic carbocycles. The van der Waals surface area contributed by atoms with Crippen molar-refractivity contribution in [1.82, 2.24) is 10.3 Å². The fraction of sp³-hybridized carbons (Fsp3) is 0.519. The van der Waals surface area contributed by atoms with Gasteiger partial charge in [-0.05, 0) is 80.2 Å². The predicted octanol–water partition coefficient (Wildman–Crippen LogP) is 2.32. The van der Waals surface area contributed by atoms with E-state index in [1.807, 2.05) is 12.1 Å². The Labute approximate surface area is 209 Å². The Balaban J connectivity index is 1.09. The molecule has 8 nitrogen and oxygen atoms in total. The number of aliphatic hydroxyl groups is 1. The first-order valence-electron chi connectivity index (χ1n) is 12.9. The largest absolute Gasteiger partial charge is 0.390 e. The van der Waals surface area contributed by atoms with Crippen LogP contribution in [-0.4, -0.2) is 59.7 Å². The Morgan fingerprint density at radius 3 is 2.36 bits per heavy atom. The zero-order chi connectivity index (χ0) is 25.0. The molecule has 4 bridgehead atoms. The molecule has 1 aromatic heterocycles. The number of carbonyl (C=O) groups is 2. The van der Waals surface area contributed by atoms with Crippen LogP contribution in [0.5, 0.6) is 0 Å². The van der Waals surface area contributed by atoms with Crippen LogP contribution in [0.15, 0.2) is 36.4 Å². The molecule has 1 aromatic carbocycles. The summed E-state index contributed by atoms with van der Waals surface area (Å²) in [5.41, 5.74) is 5.69. The van der Waals surface area contributed by atoms with Crippen molar-refractivity contribution in [3.05, 3.63) is 53.5 Å². The molecule has 2 unspecified atom stereocenters. The van der Waals surface area contributed by atoms with Crippen LogP contribution in [0.25, 0.3) is 0 Å². The molecule has 190 valence electrons. The van der Waals surface area contributed by atoms with E-state index >= 15 is 0 Å². The minimum Gasteiger partial charge on any atom is -0.390 e. The number of amides is 2. The van der Waals surface area contributed by atoms with Crippen LogP contribution >= 0.6 is 0 Å². The Kier molecular flexibility index (Phi) is 5.63. The molecule has 2 atom stereocenters. The van der Waals surface area contributed by atoms with Crippen LogP contribution in [0.4, 0.5) is 15.9 Å². The lowest BCUT2D eigenvalue weighted by molar-refractivity contribution is -0.136. The first kappa shape index (κ1) is 23.2. The molecule has 9 heteroatoms. The van der Waals surface area contributed by atoms with Crippen molar-refractivity contribution >= 4 is 23.3 Å². The van der Waals surface area contributed by atoms with Crippen LogP contribution in [0, 0.1) is 23.6 Å². The van der Waals surface area contributed by atoms with Gasteiger partial charge in [0, 0.05) is 37.9 Å². The van der Waals surface area contributed by atoms with E-state index in [-0.39, 0.29) is 17.5 Å². The highest BCUT2D eigenvalue weighted by Gasteiger charge is 2.55. The van der Waals surface area contributed by atoms with Crippen LogP contribution in [0.1, 0.15) is 53.0 Å². The lowest BCUT2D eigenvalue weighted by Gasteiger charge is -2.58. The maximum Gasteiger partial charge on any atom is 0.270 e. The first-order valence-corrected chi connectivity index (χ1v) is 12.9. The van der Waals surface area contributed by atoms with Crippen molar-refractivity contribution in [2.24, 2.45) is 23.5 Å². The summed E-state index contributed by atoms with van der Waals surface area (Å²) in [6, 6.07) is 10.1. The summed E-state index contributed by atoms with van der Waals surface area (Å²) in [5.74, 6) is 0.502. The second-order valence-corrected chi connectivity index (χ2v) is 11.1. The average Bonchev–Trinajstić information content (AvgIpc) is 2.85. The fourth-order valence-electron chi connectivity index (χ4n) is 7.26. The molecular weight excluding hydrogens is 461 g/mol. The third-order valence-corrected chi connectivity index (χ3v) is 8.69. The minimum atomic E-state index is -0.778. The van der Waals surface area contributed by atoms with Crippen LogP contribution in [-0.2, 0) is 0 Å². The molecule has 5 fully saturated rings. The van der Waals surface area contributed by atoms with Gasteiger partial charge in [-0.2, -0.15) is 0 Å². The summed E-state index contributed by atoms with van der Waals surface area (Å²) in [4.78, 5) is 33.3. The number of hydrogen-bond donors (Lipinski definition) is 3. The molecule has 2 aromatic rings. The molecule has 36 heavy (non-hydrogen) atoms. The van der Waals surface area contributed by atoms with Gasteiger partial charge in [-0.1, -0.05) is 6.07 Å². The van der Waals surface area contributed by atoms with E-state index in [1.165, 1.54) is 12.1 Å². The van der Waals surface area contributed by atoms with Gasteiger partial charge in [0.05, 0.1) is 11.2 Å². The molecule has 0 spiro atoms. The average molecular weight is 494 g/mol. The van der Waals surface area contributed by atoms with E-state index < -0.39 is 17.3 Å². The van der Waals surface area contributed by atoms with E-state index in [0.717, 1.165) is 37.9 Å². The quantitative estimate of drug-likeness (QED) is 0.590. The van der Waals surface area contributed by atoms with Crippen molar-refractivity contribution in [2.45, 2.75) is 43.7 Å². The summed E-state index contributed by atoms with van der Waals surface area (Å²) in [6.45, 7) is 2.65. The van der Waals surface area contributed by atoms with E-state index in [9.17, 15) is 19.1 Å². The number of carbonyl (C=O) groups excluding carboxylic acids is 2. The maximum atomic E-state index is 14.2. The van der Waals surface area contributed by atoms with Gasteiger partial charge in [0.15, 0.2) is 0 Å². The van der Waals surface area contributed by atoms with E-state index in [1.54, 1.807) is 12.1 Å². The molecule has 5 aliphatic rings. The smallest absolute Gasteiger partial charge is 0.270 e. The van der Waals surface area contributed by atoms with Gasteiger partial charge in [0.1, 0.15) is 17.3 Å². The molecule has 4 N–H and O–H groups in total. The number of piperazine rings is 1. The number of rotatable bonds is 5. The van der Waals surface area contributed by atoms with E-state index in [0.29, 0.717) is 55.3 Å². The highest BCUT2D eigenvalue weighted by molar-refractivity contribution is 5.93. The third kappa shape index (κ3) is 4.19. The second-order valence-electron chi connectivity index (χ2n) is 11.1. The Hall–Kier alpha value is -3.20. The monoisotopic (exact) mass is 493 g/mol. The van der Waals surface area contributed by atoms with Crippen LogP contribution in [0.2, 0.25) is 0 Å². The Bertz CT molecular complexity index is 1180. The van der Waals surface area contributed by atoms with Gasteiger partial charge >= 0.3 is 0 Å². The predicted molar refractivity (Wildman–Crippen MR) is 133 cm³/mol. The number of benzene rings is 1. The molecule has 0 radical (unpaired) electrons. The summed E-state index contributed by atoms with van der Waals surface area (Å²) in [5, 5.41) is 14.1. The highest BCUT2D eigenvalue weighted by atomic mass is 19.1. The number of aromatic nitrogens is 1. The van der Waals surface area contributed by atoms with Crippen molar-refractivity contribution < 1.29 is 19.1 Å². The molecular formula is C27H32FN5O3. The molecule has 2 amide bonds. The summed E-state index contributed by atoms with van der Waals surface area (Å²) in [6.07, 6.45) is 4.69. The Morgan fingerprint density at radius 1 is 1.03 bits per heavy atom. The van der Waals surface area contributed by atoms with Gasteiger partial charge in [-0.15, -0.1) is 0 Å². The number of primary amides is 1. The number of nitrogens with zero attached hydrogens (tertiary/aromatic N) is 3. The maximum absolute atomic E-state index is 14.2. The van der Waals surface area contributed by atoms with Crippen molar-refractivity contribution in [2.75, 3.05) is 36.0 Å². The molecule has 1 saturated heterocycles. The molecule has 1 aliphatic heterocycles. The van der Waals surface area contributed by atoms with Gasteiger partial charge in [-0.25, -0.2) is 9.37 Å². The van der Waals surface area contributed by atoms with Crippen molar-refractivity contribution in [3.63, 3.8) is 0 Å². The first-order chi connectivity index (χ1) is 17.3. The zero-order valence-electron chi connectivity index (χ0n) is 20.2. The number of hydrogen-bond acceptors (Lipinski definition) is 6. The molecule has 4 saturated carbocycles. The summed E-state index contributed by atoms with van der Waals surface area (Å²) >= 11 is 0. The van der Waals surface area contributed by atoms with Gasteiger partial charge in [0.2, 0.25) is 0 Å². The number of pyridine rings is 1. The topological polar surface area (TPSA) is 112 Å². The highest BCUT2D eigenvalue weighted by Crippen LogP contribution is 2.55. The lowest BCUT2D eigenvalue weighted by atomic mass is 9.52. The SMILES string of the molecule is NC(=O)c1ccc(N2CCN(c3cccc(C(=O)N[C@H]4C5CC6CC4C[C@](O)(C6)C5)n3)CC2)cc1F. The zero-order valence-corrected chi connectivity index (χ0v) is 20.2. The Morgan fingerprint density at radius 2 is 1.72 bits per heavy atom. The second kappa shape index (κ2) is 8.73. The van der Waals surface area contributed by atoms with Crippen molar-refractivity contribution in [1.29, 1.82) is 0 Å². The number of nitrogens with one attached hydrogen (secondary N) is 1. The van der Waals surface area contributed by atoms with Crippen molar-refractivity contribution in [3.8, 4) is 0 Å². The lowest BCUT2D eigenvalue weighted by Crippen LogP contribution is -2.61. The van der Waals surface area contributed by atoms with Gasteiger partial charge < -0.3 is 26.0 Å². The normalized spacial score (nSPS) is 30.9. The van der Waals surface area contributed by atoms with Crippen LogP contribution in [0.3, 0.4) is 0 Å². The van der Waals surface area contributed by atoms with Gasteiger partial charge in [0.25, 0.3) is 11.8 Å². The minimum absolute atomic E-state index is 0.110. The third-order valence-electron chi connectivity index (χ3n) is 8.69.